The van der Waals surface area contributed by atoms with E-state index in [1.165, 1.54) is 11.1 Å². The highest BCUT2D eigenvalue weighted by atomic mass is 79.9. The van der Waals surface area contributed by atoms with Crippen molar-refractivity contribution in [2.75, 3.05) is 11.9 Å². The number of hydrogen-bond acceptors (Lipinski definition) is 4. The molecule has 3 atom stereocenters. The minimum atomic E-state index is -0.987. The summed E-state index contributed by atoms with van der Waals surface area (Å²) in [5, 5.41) is 13.8. The first kappa shape index (κ1) is 30.0. The van der Waals surface area contributed by atoms with Gasteiger partial charge in [-0.05, 0) is 73.5 Å². The number of aryl methyl sites for hydroxylation is 1. The Morgan fingerprint density at radius 2 is 1.64 bits per heavy atom. The quantitative estimate of drug-likeness (QED) is 0.184. The standard InChI is InChI=1S/C37H36BrN3O3/c38-28-21-20-26-15-9-17-29(31(26)23-28)35(37(43)44)40-34(27-13-5-2-6-14-27)30-16-7-8-18-32(30)39-36(42)33-19-10-22-41(33)24-25-11-3-1-4-12-25/h1-8,11-14,16,18,20-21,23,29,33,35H,9-10,15,17,19,22,24H2,(H,39,42)(H,43,44)/b40-34+/t29-,33+,35?/m1/s1. The molecule has 7 heteroatoms. The molecule has 0 saturated carbocycles. The van der Waals surface area contributed by atoms with E-state index in [4.69, 9.17) is 4.99 Å². The number of benzene rings is 4. The molecular weight excluding hydrogens is 614 g/mol. The van der Waals surface area contributed by atoms with Crippen molar-refractivity contribution in [3.63, 3.8) is 0 Å². The fourth-order valence-corrected chi connectivity index (χ4v) is 7.01. The molecule has 1 amide bonds. The zero-order valence-electron chi connectivity index (χ0n) is 24.5. The van der Waals surface area contributed by atoms with Gasteiger partial charge in [0.2, 0.25) is 5.91 Å². The molecule has 4 aromatic carbocycles. The monoisotopic (exact) mass is 649 g/mol. The molecule has 2 N–H and O–H groups in total. The smallest absolute Gasteiger partial charge is 0.329 e. The van der Waals surface area contributed by atoms with Gasteiger partial charge in [-0.2, -0.15) is 0 Å². The number of amides is 1. The summed E-state index contributed by atoms with van der Waals surface area (Å²) in [5.74, 6) is -1.28. The number of hydrogen-bond donors (Lipinski definition) is 2. The maximum Gasteiger partial charge on any atom is 0.329 e. The maximum absolute atomic E-state index is 13.8. The number of fused-ring (bicyclic) bond motifs is 1. The zero-order valence-corrected chi connectivity index (χ0v) is 26.1. The highest BCUT2D eigenvalue weighted by Crippen LogP contribution is 2.38. The van der Waals surface area contributed by atoms with Gasteiger partial charge >= 0.3 is 5.97 Å². The molecule has 1 aliphatic carbocycles. The second-order valence-corrected chi connectivity index (χ2v) is 12.5. The molecule has 1 unspecified atom stereocenters. The number of likely N-dealkylation sites (tertiary alicyclic amines) is 1. The van der Waals surface area contributed by atoms with Crippen LogP contribution in [0.3, 0.4) is 0 Å². The number of carboxylic acid groups (broad SMARTS) is 1. The van der Waals surface area contributed by atoms with Gasteiger partial charge in [-0.25, -0.2) is 4.79 Å². The van der Waals surface area contributed by atoms with Gasteiger partial charge in [0, 0.05) is 28.1 Å². The Morgan fingerprint density at radius 1 is 0.909 bits per heavy atom. The highest BCUT2D eigenvalue weighted by Gasteiger charge is 2.34. The van der Waals surface area contributed by atoms with Gasteiger partial charge < -0.3 is 10.4 Å². The van der Waals surface area contributed by atoms with Gasteiger partial charge in [0.15, 0.2) is 6.04 Å². The van der Waals surface area contributed by atoms with E-state index >= 15 is 0 Å². The molecule has 0 spiro atoms. The van der Waals surface area contributed by atoms with Crippen molar-refractivity contribution in [1.29, 1.82) is 0 Å². The predicted molar refractivity (Wildman–Crippen MR) is 178 cm³/mol. The van der Waals surface area contributed by atoms with E-state index in [0.717, 1.165) is 60.8 Å². The summed E-state index contributed by atoms with van der Waals surface area (Å²) in [4.78, 5) is 34.0. The number of aliphatic imine (C=N–C) groups is 1. The van der Waals surface area contributed by atoms with Crippen LogP contribution in [0.4, 0.5) is 5.69 Å². The first-order valence-corrected chi connectivity index (χ1v) is 16.1. The third-order valence-corrected chi connectivity index (χ3v) is 9.25. The molecule has 0 radical (unpaired) electrons. The van der Waals surface area contributed by atoms with Crippen molar-refractivity contribution in [2.45, 2.75) is 56.7 Å². The minimum Gasteiger partial charge on any atom is -0.480 e. The van der Waals surface area contributed by atoms with E-state index in [1.807, 2.05) is 84.9 Å². The summed E-state index contributed by atoms with van der Waals surface area (Å²) in [7, 11) is 0. The topological polar surface area (TPSA) is 82.0 Å². The number of para-hydroxylation sites is 1. The third-order valence-electron chi connectivity index (χ3n) is 8.75. The van der Waals surface area contributed by atoms with Crippen molar-refractivity contribution < 1.29 is 14.7 Å². The first-order chi connectivity index (χ1) is 21.5. The molecule has 44 heavy (non-hydrogen) atoms. The number of anilines is 1. The fraction of sp³-hybridized carbons (Fsp3) is 0.270. The van der Waals surface area contributed by atoms with Crippen LogP contribution in [-0.2, 0) is 22.6 Å². The average Bonchev–Trinajstić information content (AvgIpc) is 3.51. The summed E-state index contributed by atoms with van der Waals surface area (Å²) in [5.41, 5.74) is 6.09. The van der Waals surface area contributed by atoms with E-state index in [1.54, 1.807) is 0 Å². The molecule has 1 fully saturated rings. The van der Waals surface area contributed by atoms with Gasteiger partial charge in [-0.3, -0.25) is 14.7 Å². The number of carboxylic acids is 1. The predicted octanol–water partition coefficient (Wildman–Crippen LogP) is 7.46. The normalized spacial score (nSPS) is 19.2. The molecule has 0 aromatic heterocycles. The number of carbonyl (C=O) groups is 2. The van der Waals surface area contributed by atoms with Crippen LogP contribution in [0.2, 0.25) is 0 Å². The van der Waals surface area contributed by atoms with Gasteiger partial charge in [-0.15, -0.1) is 0 Å². The minimum absolute atomic E-state index is 0.0564. The van der Waals surface area contributed by atoms with Crippen LogP contribution in [0.25, 0.3) is 0 Å². The molecule has 2 aliphatic rings. The van der Waals surface area contributed by atoms with E-state index in [9.17, 15) is 14.7 Å². The van der Waals surface area contributed by atoms with Crippen molar-refractivity contribution in [1.82, 2.24) is 4.90 Å². The molecule has 224 valence electrons. The largest absolute Gasteiger partial charge is 0.480 e. The lowest BCUT2D eigenvalue weighted by molar-refractivity contribution is -0.139. The Kier molecular flexibility index (Phi) is 9.34. The summed E-state index contributed by atoms with van der Waals surface area (Å²) >= 11 is 3.58. The van der Waals surface area contributed by atoms with Crippen LogP contribution in [0.1, 0.15) is 59.4 Å². The Morgan fingerprint density at radius 3 is 2.41 bits per heavy atom. The highest BCUT2D eigenvalue weighted by molar-refractivity contribution is 9.10. The van der Waals surface area contributed by atoms with Crippen LogP contribution >= 0.6 is 15.9 Å². The maximum atomic E-state index is 13.8. The Bertz CT molecular complexity index is 1660. The molecule has 1 heterocycles. The van der Waals surface area contributed by atoms with Gasteiger partial charge in [-0.1, -0.05) is 101 Å². The number of rotatable bonds is 9. The first-order valence-electron chi connectivity index (χ1n) is 15.3. The van der Waals surface area contributed by atoms with Crippen LogP contribution in [0.15, 0.2) is 113 Å². The van der Waals surface area contributed by atoms with Crippen LogP contribution < -0.4 is 5.32 Å². The molecular formula is C37H36BrN3O3. The number of halogens is 1. The lowest BCUT2D eigenvalue weighted by Gasteiger charge is -2.29. The number of carbonyl (C=O) groups excluding carboxylic acids is 1. The number of nitrogens with one attached hydrogen (secondary N) is 1. The summed E-state index contributed by atoms with van der Waals surface area (Å²) < 4.78 is 0.931. The van der Waals surface area contributed by atoms with Crippen LogP contribution in [0, 0.1) is 0 Å². The molecule has 0 bridgehead atoms. The zero-order chi connectivity index (χ0) is 30.5. The van der Waals surface area contributed by atoms with E-state index < -0.39 is 12.0 Å². The SMILES string of the molecule is O=C(O)C(/N=C(\c1ccccc1)c1ccccc1NC(=O)[C@@H]1CCCN1Cc1ccccc1)[C@@H]1CCCc2ccc(Br)cc21. The molecule has 1 saturated heterocycles. The average molecular weight is 651 g/mol. The Hall–Kier alpha value is -4.07. The molecule has 6 nitrogen and oxygen atoms in total. The van der Waals surface area contributed by atoms with E-state index in [0.29, 0.717) is 17.0 Å². The molecule has 1 aliphatic heterocycles. The lowest BCUT2D eigenvalue weighted by atomic mass is 9.78. The van der Waals surface area contributed by atoms with Crippen LogP contribution in [0.5, 0.6) is 0 Å². The Balaban J connectivity index is 1.35. The summed E-state index contributed by atoms with van der Waals surface area (Å²) in [6.45, 7) is 1.58. The fourth-order valence-electron chi connectivity index (χ4n) is 6.63. The van der Waals surface area contributed by atoms with Crippen molar-refractivity contribution in [3.8, 4) is 0 Å². The number of nitrogens with zero attached hydrogens (tertiary/aromatic N) is 2. The summed E-state index contributed by atoms with van der Waals surface area (Å²) in [6, 6.07) is 32.4. The van der Waals surface area contributed by atoms with E-state index in [2.05, 4.69) is 44.3 Å². The summed E-state index contributed by atoms with van der Waals surface area (Å²) in [6.07, 6.45) is 4.33. The molecule has 6 rings (SSSR count). The van der Waals surface area contributed by atoms with Crippen molar-refractivity contribution in [2.24, 2.45) is 4.99 Å². The third kappa shape index (κ3) is 6.69. The number of aliphatic carboxylic acids is 1. The lowest BCUT2D eigenvalue weighted by Crippen LogP contribution is -2.39. The molecule has 4 aromatic rings. The van der Waals surface area contributed by atoms with Gasteiger partial charge in [0.1, 0.15) is 0 Å². The van der Waals surface area contributed by atoms with Crippen LogP contribution in [-0.4, -0.2) is 46.2 Å². The van der Waals surface area contributed by atoms with E-state index in [-0.39, 0.29) is 17.9 Å². The van der Waals surface area contributed by atoms with Gasteiger partial charge in [0.05, 0.1) is 17.4 Å². The second-order valence-electron chi connectivity index (χ2n) is 11.6. The van der Waals surface area contributed by atoms with Crippen molar-refractivity contribution in [3.05, 3.63) is 135 Å². The van der Waals surface area contributed by atoms with Crippen molar-refractivity contribution >= 4 is 39.2 Å². The Labute approximate surface area is 267 Å². The second kappa shape index (κ2) is 13.7. The van der Waals surface area contributed by atoms with Gasteiger partial charge in [0.25, 0.3) is 0 Å².